The highest BCUT2D eigenvalue weighted by Gasteiger charge is 2.22. The lowest BCUT2D eigenvalue weighted by Crippen LogP contribution is -2.35. The van der Waals surface area contributed by atoms with Crippen molar-refractivity contribution in [1.82, 2.24) is 5.32 Å². The maximum absolute atomic E-state index is 12.1. The molecule has 0 saturated heterocycles. The van der Waals surface area contributed by atoms with Crippen LogP contribution in [0.3, 0.4) is 0 Å². The molecule has 0 spiro atoms. The van der Waals surface area contributed by atoms with Gasteiger partial charge in [-0.25, -0.2) is 0 Å². The number of nitro benzene ring substituents is 1. The number of hydrogen-bond acceptors (Lipinski definition) is 3. The predicted molar refractivity (Wildman–Crippen MR) is 77.7 cm³/mol. The normalized spacial score (nSPS) is 11.2. The van der Waals surface area contributed by atoms with E-state index in [1.807, 2.05) is 13.8 Å². The number of rotatable bonds is 5. The van der Waals surface area contributed by atoms with Crippen LogP contribution < -0.4 is 5.32 Å². The molecule has 6 heteroatoms. The Labute approximate surface area is 120 Å². The zero-order chi connectivity index (χ0) is 14.6. The first-order valence-corrected chi connectivity index (χ1v) is 6.98. The first-order valence-electron chi connectivity index (χ1n) is 5.86. The molecule has 0 saturated carbocycles. The summed E-state index contributed by atoms with van der Waals surface area (Å²) in [4.78, 5) is 22.4. The maximum atomic E-state index is 12.1. The molecular weight excluding hydrogens is 312 g/mol. The van der Waals surface area contributed by atoms with Gasteiger partial charge in [-0.2, -0.15) is 0 Å². The molecule has 0 aliphatic rings. The smallest absolute Gasteiger partial charge is 0.282 e. The number of nitro groups is 1. The second-order valence-electron chi connectivity index (χ2n) is 5.26. The molecule has 0 heterocycles. The molecule has 0 aromatic heterocycles. The van der Waals surface area contributed by atoms with Gasteiger partial charge in [-0.05, 0) is 24.0 Å². The fourth-order valence-corrected chi connectivity index (χ4v) is 1.65. The predicted octanol–water partition coefficient (Wildman–Crippen LogP) is 3.05. The average molecular weight is 329 g/mol. The highest BCUT2D eigenvalue weighted by atomic mass is 79.9. The summed E-state index contributed by atoms with van der Waals surface area (Å²) in [5.74, 6) is -0.413. The van der Waals surface area contributed by atoms with Crippen LogP contribution in [0.25, 0.3) is 0 Å². The van der Waals surface area contributed by atoms with Crippen LogP contribution >= 0.6 is 15.9 Å². The van der Waals surface area contributed by atoms with Gasteiger partial charge in [0.1, 0.15) is 5.56 Å². The fourth-order valence-electron chi connectivity index (χ4n) is 1.45. The Morgan fingerprint density at radius 2 is 2.11 bits per heavy atom. The number of nitrogens with zero attached hydrogens (tertiary/aromatic N) is 1. The van der Waals surface area contributed by atoms with Crippen molar-refractivity contribution in [1.29, 1.82) is 0 Å². The third-order valence-corrected chi connectivity index (χ3v) is 4.20. The van der Waals surface area contributed by atoms with Crippen molar-refractivity contribution < 1.29 is 9.72 Å². The van der Waals surface area contributed by atoms with Crippen LogP contribution in [0.4, 0.5) is 5.69 Å². The van der Waals surface area contributed by atoms with Crippen molar-refractivity contribution in [3.8, 4) is 0 Å². The Morgan fingerprint density at radius 1 is 1.47 bits per heavy atom. The Hall–Kier alpha value is -1.43. The molecular formula is C13H17BrN2O3. The molecule has 0 radical (unpaired) electrons. The number of carbonyl (C=O) groups is 1. The van der Waals surface area contributed by atoms with Crippen molar-refractivity contribution >= 4 is 27.5 Å². The van der Waals surface area contributed by atoms with Crippen molar-refractivity contribution in [2.45, 2.75) is 20.8 Å². The Morgan fingerprint density at radius 3 is 2.63 bits per heavy atom. The number of alkyl halides is 1. The standard InChI is InChI=1S/C13H17BrN2O3/c1-9-4-5-11(16(18)19)10(6-9)12(17)15-8-13(2,3)7-14/h4-6H,7-8H2,1-3H3,(H,15,17). The van der Waals surface area contributed by atoms with Crippen LogP contribution in [-0.4, -0.2) is 22.7 Å². The van der Waals surface area contributed by atoms with Gasteiger partial charge in [0.2, 0.25) is 0 Å². The maximum Gasteiger partial charge on any atom is 0.282 e. The molecule has 1 amide bonds. The highest BCUT2D eigenvalue weighted by Crippen LogP contribution is 2.21. The molecule has 0 unspecified atom stereocenters. The van der Waals surface area contributed by atoms with E-state index in [1.165, 1.54) is 12.1 Å². The Kier molecular flexibility index (Phi) is 5.05. The number of amides is 1. The van der Waals surface area contributed by atoms with E-state index in [4.69, 9.17) is 0 Å². The van der Waals surface area contributed by atoms with Crippen molar-refractivity contribution in [3.63, 3.8) is 0 Å². The zero-order valence-electron chi connectivity index (χ0n) is 11.2. The van der Waals surface area contributed by atoms with Gasteiger partial charge in [-0.3, -0.25) is 14.9 Å². The number of carbonyl (C=O) groups excluding carboxylic acids is 1. The summed E-state index contributed by atoms with van der Waals surface area (Å²) in [6, 6.07) is 4.52. The second kappa shape index (κ2) is 6.14. The quantitative estimate of drug-likeness (QED) is 0.513. The molecule has 1 N–H and O–H groups in total. The van der Waals surface area contributed by atoms with E-state index in [9.17, 15) is 14.9 Å². The first-order chi connectivity index (χ1) is 8.76. The van der Waals surface area contributed by atoms with Crippen LogP contribution in [-0.2, 0) is 0 Å². The first kappa shape index (κ1) is 15.6. The van der Waals surface area contributed by atoms with Crippen molar-refractivity contribution in [2.75, 3.05) is 11.9 Å². The Bertz CT molecular complexity index is 501. The molecule has 0 aliphatic heterocycles. The summed E-state index contributed by atoms with van der Waals surface area (Å²) in [5.41, 5.74) is 0.652. The summed E-state index contributed by atoms with van der Waals surface area (Å²) < 4.78 is 0. The van der Waals surface area contributed by atoms with Gasteiger partial charge in [0, 0.05) is 17.9 Å². The largest absolute Gasteiger partial charge is 0.351 e. The second-order valence-corrected chi connectivity index (χ2v) is 5.82. The zero-order valence-corrected chi connectivity index (χ0v) is 12.8. The van der Waals surface area contributed by atoms with Gasteiger partial charge in [-0.15, -0.1) is 0 Å². The molecule has 0 aliphatic carbocycles. The van der Waals surface area contributed by atoms with E-state index in [1.54, 1.807) is 13.0 Å². The van der Waals surface area contributed by atoms with Gasteiger partial charge in [0.15, 0.2) is 0 Å². The SMILES string of the molecule is Cc1ccc([N+](=O)[O-])c(C(=O)NCC(C)(C)CBr)c1. The molecule has 1 aromatic rings. The van der Waals surface area contributed by atoms with E-state index < -0.39 is 10.8 Å². The average Bonchev–Trinajstić information content (AvgIpc) is 2.35. The number of aryl methyl sites for hydroxylation is 1. The van der Waals surface area contributed by atoms with Crippen LogP contribution in [0.2, 0.25) is 0 Å². The van der Waals surface area contributed by atoms with Crippen LogP contribution in [0.15, 0.2) is 18.2 Å². The summed E-state index contributed by atoms with van der Waals surface area (Å²) >= 11 is 3.37. The lowest BCUT2D eigenvalue weighted by molar-refractivity contribution is -0.385. The highest BCUT2D eigenvalue weighted by molar-refractivity contribution is 9.09. The monoisotopic (exact) mass is 328 g/mol. The summed E-state index contributed by atoms with van der Waals surface area (Å²) in [7, 11) is 0. The molecule has 19 heavy (non-hydrogen) atoms. The minimum Gasteiger partial charge on any atom is -0.351 e. The fraction of sp³-hybridized carbons (Fsp3) is 0.462. The lowest BCUT2D eigenvalue weighted by atomic mass is 9.96. The van der Waals surface area contributed by atoms with E-state index in [-0.39, 0.29) is 16.7 Å². The minimum atomic E-state index is -0.538. The summed E-state index contributed by atoms with van der Waals surface area (Å²) in [6.45, 7) is 6.23. The van der Waals surface area contributed by atoms with E-state index in [2.05, 4.69) is 21.2 Å². The molecule has 0 bridgehead atoms. The number of nitrogens with one attached hydrogen (secondary N) is 1. The van der Waals surface area contributed by atoms with Crippen LogP contribution in [0, 0.1) is 22.5 Å². The summed E-state index contributed by atoms with van der Waals surface area (Å²) in [6.07, 6.45) is 0. The number of benzene rings is 1. The third kappa shape index (κ3) is 4.31. The van der Waals surface area contributed by atoms with Gasteiger partial charge < -0.3 is 5.32 Å². The van der Waals surface area contributed by atoms with E-state index in [0.29, 0.717) is 6.54 Å². The molecule has 0 atom stereocenters. The Balaban J connectivity index is 2.93. The van der Waals surface area contributed by atoms with Crippen molar-refractivity contribution in [2.24, 2.45) is 5.41 Å². The molecule has 1 aromatic carbocycles. The topological polar surface area (TPSA) is 72.2 Å². The number of hydrogen-bond donors (Lipinski definition) is 1. The molecule has 104 valence electrons. The van der Waals surface area contributed by atoms with Crippen LogP contribution in [0.5, 0.6) is 0 Å². The van der Waals surface area contributed by atoms with Crippen LogP contribution in [0.1, 0.15) is 29.8 Å². The lowest BCUT2D eigenvalue weighted by Gasteiger charge is -2.21. The third-order valence-electron chi connectivity index (χ3n) is 2.68. The van der Waals surface area contributed by atoms with E-state index >= 15 is 0 Å². The molecule has 1 rings (SSSR count). The summed E-state index contributed by atoms with van der Waals surface area (Å²) in [5, 5.41) is 14.4. The van der Waals surface area contributed by atoms with E-state index in [0.717, 1.165) is 10.9 Å². The minimum absolute atomic E-state index is 0.103. The van der Waals surface area contributed by atoms with Crippen molar-refractivity contribution in [3.05, 3.63) is 39.4 Å². The van der Waals surface area contributed by atoms with Gasteiger partial charge >= 0.3 is 0 Å². The molecule has 0 fully saturated rings. The number of halogens is 1. The van der Waals surface area contributed by atoms with Gasteiger partial charge in [-0.1, -0.05) is 35.8 Å². The van der Waals surface area contributed by atoms with Gasteiger partial charge in [0.05, 0.1) is 4.92 Å². The molecule has 5 nitrogen and oxygen atoms in total. The van der Waals surface area contributed by atoms with Gasteiger partial charge in [0.25, 0.3) is 11.6 Å².